The summed E-state index contributed by atoms with van der Waals surface area (Å²) < 4.78 is 55.0. The molecule has 4 nitrogen and oxygen atoms in total. The zero-order valence-electron chi connectivity index (χ0n) is 11.4. The lowest BCUT2D eigenvalue weighted by Crippen LogP contribution is -2.29. The Morgan fingerprint density at radius 3 is 2.19 bits per heavy atom. The van der Waals surface area contributed by atoms with Crippen LogP contribution >= 0.6 is 0 Å². The topological polar surface area (TPSA) is 46.6 Å². The van der Waals surface area contributed by atoms with Crippen LogP contribution in [0.2, 0.25) is 0 Å². The van der Waals surface area contributed by atoms with Crippen LogP contribution in [0.3, 0.4) is 0 Å². The maximum Gasteiger partial charge on any atom is 0.387 e. The molecular weight excluding hydrogens is 300 g/mol. The predicted molar refractivity (Wildman–Crippen MR) is 72.7 cm³/mol. The maximum atomic E-state index is 12.5. The van der Waals surface area contributed by atoms with E-state index >= 15 is 0 Å². The number of ether oxygens (including phenoxy) is 1. The third kappa shape index (κ3) is 2.89. The molecule has 116 valence electrons. The standard InChI is InChI=1S/C14H17F2NO3S/c15-14(16)20-12-4-6-13(7-5-12)21(18,19)17-8-10-2-1-3-11(10)9-17/h4-7,10-11,14H,1-3,8-9H2. The first-order valence-corrected chi connectivity index (χ1v) is 8.46. The lowest BCUT2D eigenvalue weighted by atomic mass is 10.0. The van der Waals surface area contributed by atoms with Gasteiger partial charge in [-0.15, -0.1) is 0 Å². The normalized spacial score (nSPS) is 26.2. The highest BCUT2D eigenvalue weighted by Crippen LogP contribution is 2.39. The van der Waals surface area contributed by atoms with Crippen molar-refractivity contribution in [1.29, 1.82) is 0 Å². The van der Waals surface area contributed by atoms with Crippen LogP contribution in [0.15, 0.2) is 29.2 Å². The number of sulfonamides is 1. The zero-order valence-corrected chi connectivity index (χ0v) is 12.2. The van der Waals surface area contributed by atoms with Crippen molar-refractivity contribution in [3.63, 3.8) is 0 Å². The van der Waals surface area contributed by atoms with E-state index in [1.807, 2.05) is 0 Å². The summed E-state index contributed by atoms with van der Waals surface area (Å²) in [5, 5.41) is 0. The summed E-state index contributed by atoms with van der Waals surface area (Å²) in [6, 6.07) is 5.16. The molecule has 1 heterocycles. The monoisotopic (exact) mass is 317 g/mol. The first-order chi connectivity index (χ1) is 9.96. The van der Waals surface area contributed by atoms with Crippen LogP contribution in [0.4, 0.5) is 8.78 Å². The first kappa shape index (κ1) is 14.7. The average molecular weight is 317 g/mol. The minimum absolute atomic E-state index is 0.0396. The van der Waals surface area contributed by atoms with Gasteiger partial charge >= 0.3 is 6.61 Å². The summed E-state index contributed by atoms with van der Waals surface area (Å²) in [6.45, 7) is -1.77. The van der Waals surface area contributed by atoms with Crippen molar-refractivity contribution in [3.8, 4) is 5.75 Å². The predicted octanol–water partition coefficient (Wildman–Crippen LogP) is 2.71. The summed E-state index contributed by atoms with van der Waals surface area (Å²) in [5.74, 6) is 0.907. The van der Waals surface area contributed by atoms with Crippen LogP contribution in [-0.2, 0) is 10.0 Å². The van der Waals surface area contributed by atoms with Crippen molar-refractivity contribution in [1.82, 2.24) is 4.31 Å². The van der Waals surface area contributed by atoms with Crippen molar-refractivity contribution < 1.29 is 21.9 Å². The second kappa shape index (κ2) is 5.53. The van der Waals surface area contributed by atoms with Gasteiger partial charge in [-0.05, 0) is 48.9 Å². The summed E-state index contributed by atoms with van der Waals surface area (Å²) in [6.07, 6.45) is 3.37. The van der Waals surface area contributed by atoms with Crippen molar-refractivity contribution >= 4 is 10.0 Å². The molecule has 0 radical (unpaired) electrons. The SMILES string of the molecule is O=S(=O)(c1ccc(OC(F)F)cc1)N1CC2CCCC2C1. The Morgan fingerprint density at radius 2 is 1.67 bits per heavy atom. The summed E-state index contributed by atoms with van der Waals surface area (Å²) >= 11 is 0. The van der Waals surface area contributed by atoms with Gasteiger partial charge < -0.3 is 4.74 Å². The Morgan fingerprint density at radius 1 is 1.10 bits per heavy atom. The van der Waals surface area contributed by atoms with Gasteiger partial charge in [-0.3, -0.25) is 0 Å². The third-order valence-corrected chi connectivity index (χ3v) is 6.23. The summed E-state index contributed by atoms with van der Waals surface area (Å²) in [5.41, 5.74) is 0. The number of alkyl halides is 2. The molecule has 1 saturated heterocycles. The number of halogens is 2. The quantitative estimate of drug-likeness (QED) is 0.858. The Balaban J connectivity index is 1.76. The molecular formula is C14H17F2NO3S. The molecule has 3 rings (SSSR count). The van der Waals surface area contributed by atoms with Crippen LogP contribution in [0, 0.1) is 11.8 Å². The molecule has 1 saturated carbocycles. The first-order valence-electron chi connectivity index (χ1n) is 7.02. The molecule has 0 spiro atoms. The minimum atomic E-state index is -3.54. The van der Waals surface area contributed by atoms with Crippen molar-refractivity contribution in [2.45, 2.75) is 30.8 Å². The molecule has 2 aliphatic rings. The fourth-order valence-electron chi connectivity index (χ4n) is 3.33. The molecule has 7 heteroatoms. The van der Waals surface area contributed by atoms with Crippen LogP contribution < -0.4 is 4.74 Å². The van der Waals surface area contributed by atoms with E-state index in [0.717, 1.165) is 12.8 Å². The highest BCUT2D eigenvalue weighted by atomic mass is 32.2. The smallest absolute Gasteiger partial charge is 0.387 e. The average Bonchev–Trinajstić information content (AvgIpc) is 2.99. The fourth-order valence-corrected chi connectivity index (χ4v) is 4.88. The fraction of sp³-hybridized carbons (Fsp3) is 0.571. The molecule has 2 unspecified atom stereocenters. The van der Waals surface area contributed by atoms with Crippen molar-refractivity contribution in [3.05, 3.63) is 24.3 Å². The van der Waals surface area contributed by atoms with E-state index in [1.54, 1.807) is 0 Å². The number of hydrogen-bond acceptors (Lipinski definition) is 3. The molecule has 2 fully saturated rings. The molecule has 0 N–H and O–H groups in total. The van der Waals surface area contributed by atoms with Crippen LogP contribution in [0.1, 0.15) is 19.3 Å². The van der Waals surface area contributed by atoms with E-state index in [-0.39, 0.29) is 10.6 Å². The molecule has 21 heavy (non-hydrogen) atoms. The molecule has 1 aromatic rings. The number of nitrogens with zero attached hydrogens (tertiary/aromatic N) is 1. The number of fused-ring (bicyclic) bond motifs is 1. The Bertz CT molecular complexity index is 591. The minimum Gasteiger partial charge on any atom is -0.435 e. The Kier molecular flexibility index (Phi) is 3.88. The molecule has 2 atom stereocenters. The van der Waals surface area contributed by atoms with E-state index in [1.165, 1.54) is 35.0 Å². The van der Waals surface area contributed by atoms with E-state index in [9.17, 15) is 17.2 Å². The van der Waals surface area contributed by atoms with Gasteiger partial charge in [-0.2, -0.15) is 13.1 Å². The van der Waals surface area contributed by atoms with Gasteiger partial charge in [0.25, 0.3) is 0 Å². The van der Waals surface area contributed by atoms with Gasteiger partial charge in [0, 0.05) is 13.1 Å². The second-order valence-electron chi connectivity index (χ2n) is 5.62. The second-order valence-corrected chi connectivity index (χ2v) is 7.56. The molecule has 0 amide bonds. The lowest BCUT2D eigenvalue weighted by Gasteiger charge is -2.17. The largest absolute Gasteiger partial charge is 0.435 e. The molecule has 1 aromatic carbocycles. The lowest BCUT2D eigenvalue weighted by molar-refractivity contribution is -0.0498. The van der Waals surface area contributed by atoms with E-state index in [0.29, 0.717) is 24.9 Å². The van der Waals surface area contributed by atoms with Crippen LogP contribution in [-0.4, -0.2) is 32.4 Å². The van der Waals surface area contributed by atoms with Gasteiger partial charge in [0.05, 0.1) is 4.90 Å². The summed E-state index contributed by atoms with van der Waals surface area (Å²) in [4.78, 5) is 0.129. The van der Waals surface area contributed by atoms with Gasteiger partial charge in [-0.1, -0.05) is 6.42 Å². The van der Waals surface area contributed by atoms with Crippen molar-refractivity contribution in [2.75, 3.05) is 13.1 Å². The maximum absolute atomic E-state index is 12.5. The number of hydrogen-bond donors (Lipinski definition) is 0. The molecule has 0 aromatic heterocycles. The van der Waals surface area contributed by atoms with Gasteiger partial charge in [0.15, 0.2) is 0 Å². The van der Waals surface area contributed by atoms with Gasteiger partial charge in [-0.25, -0.2) is 8.42 Å². The van der Waals surface area contributed by atoms with Gasteiger partial charge in [0.1, 0.15) is 5.75 Å². The highest BCUT2D eigenvalue weighted by molar-refractivity contribution is 7.89. The van der Waals surface area contributed by atoms with Crippen molar-refractivity contribution in [2.24, 2.45) is 11.8 Å². The zero-order chi connectivity index (χ0) is 15.0. The van der Waals surface area contributed by atoms with E-state index in [4.69, 9.17) is 0 Å². The third-order valence-electron chi connectivity index (χ3n) is 4.38. The van der Waals surface area contributed by atoms with E-state index < -0.39 is 16.6 Å². The molecule has 0 bridgehead atoms. The summed E-state index contributed by atoms with van der Waals surface area (Å²) in [7, 11) is -3.54. The number of benzene rings is 1. The Hall–Kier alpha value is -1.21. The molecule has 1 aliphatic heterocycles. The Labute approximate surface area is 122 Å². The van der Waals surface area contributed by atoms with E-state index in [2.05, 4.69) is 4.74 Å². The van der Waals surface area contributed by atoms with Crippen LogP contribution in [0.25, 0.3) is 0 Å². The molecule has 1 aliphatic carbocycles. The highest BCUT2D eigenvalue weighted by Gasteiger charge is 2.41. The van der Waals surface area contributed by atoms with Gasteiger partial charge in [0.2, 0.25) is 10.0 Å². The number of rotatable bonds is 4. The van der Waals surface area contributed by atoms with Crippen LogP contribution in [0.5, 0.6) is 5.75 Å².